The normalized spacial score (nSPS) is 15.2. The Morgan fingerprint density at radius 1 is 0.879 bits per heavy atom. The topological polar surface area (TPSA) is 26.8 Å². The molecule has 1 heterocycles. The maximum atomic E-state index is 12.7. The molecule has 0 bridgehead atoms. The molecule has 0 spiro atoms. The summed E-state index contributed by atoms with van der Waals surface area (Å²) in [5.41, 5.74) is 4.35. The molecule has 3 rings (SSSR count). The molecule has 33 heavy (non-hydrogen) atoms. The second kappa shape index (κ2) is 13.3. The van der Waals surface area contributed by atoms with E-state index >= 15 is 0 Å². The predicted octanol–water partition coefficient (Wildman–Crippen LogP) is 5.74. The first kappa shape index (κ1) is 25.2. The average Bonchev–Trinajstić information content (AvgIpc) is 2.85. The van der Waals surface area contributed by atoms with Crippen molar-refractivity contribution in [3.8, 4) is 0 Å². The molecule has 1 fully saturated rings. The Kier molecular flexibility index (Phi) is 10.2. The number of hydrogen-bond donors (Lipinski definition) is 0. The Labute approximate surface area is 200 Å². The molecule has 0 N–H and O–H groups in total. The van der Waals surface area contributed by atoms with Crippen LogP contribution in [0.5, 0.6) is 0 Å². The second-order valence-electron chi connectivity index (χ2n) is 9.26. The number of hydrogen-bond acceptors (Lipinski definition) is 4. The minimum Gasteiger partial charge on any atom is -0.372 e. The molecule has 0 radical (unpaired) electrons. The maximum absolute atomic E-state index is 12.7. The van der Waals surface area contributed by atoms with E-state index in [-0.39, 0.29) is 5.78 Å². The van der Waals surface area contributed by atoms with Gasteiger partial charge in [0, 0.05) is 57.1 Å². The molecule has 2 aromatic rings. The Hall–Kier alpha value is -2.43. The van der Waals surface area contributed by atoms with Gasteiger partial charge in [0.15, 0.2) is 5.78 Å². The maximum Gasteiger partial charge on any atom is 0.185 e. The molecular weight excluding hydrogens is 406 g/mol. The monoisotopic (exact) mass is 447 g/mol. The van der Waals surface area contributed by atoms with Crippen molar-refractivity contribution in [3.05, 3.63) is 71.3 Å². The van der Waals surface area contributed by atoms with E-state index in [0.717, 1.165) is 56.9 Å². The Bertz CT molecular complexity index is 857. The van der Waals surface area contributed by atoms with Crippen LogP contribution in [0.2, 0.25) is 0 Å². The van der Waals surface area contributed by atoms with Crippen molar-refractivity contribution in [1.29, 1.82) is 0 Å². The predicted molar refractivity (Wildman–Crippen MR) is 141 cm³/mol. The SMILES string of the molecule is CCCCN(CCCC)c1ccc(C(=O)/C=C/c2ccc(CN3CCN(C)CC3)cc2)cc1. The van der Waals surface area contributed by atoms with Crippen molar-refractivity contribution >= 4 is 17.5 Å². The van der Waals surface area contributed by atoms with E-state index in [0.29, 0.717) is 0 Å². The highest BCUT2D eigenvalue weighted by molar-refractivity contribution is 6.06. The number of anilines is 1. The first-order chi connectivity index (χ1) is 16.1. The third kappa shape index (κ3) is 8.13. The fourth-order valence-electron chi connectivity index (χ4n) is 4.17. The average molecular weight is 448 g/mol. The molecule has 4 nitrogen and oxygen atoms in total. The van der Waals surface area contributed by atoms with Gasteiger partial charge in [-0.1, -0.05) is 57.0 Å². The van der Waals surface area contributed by atoms with Crippen molar-refractivity contribution in [2.75, 3.05) is 51.2 Å². The number of rotatable bonds is 12. The molecule has 4 heteroatoms. The van der Waals surface area contributed by atoms with Gasteiger partial charge in [-0.3, -0.25) is 9.69 Å². The number of carbonyl (C=O) groups excluding carboxylic acids is 1. The van der Waals surface area contributed by atoms with Crippen molar-refractivity contribution in [2.24, 2.45) is 0 Å². The summed E-state index contributed by atoms with van der Waals surface area (Å²) in [6.07, 6.45) is 8.39. The third-order valence-electron chi connectivity index (χ3n) is 6.49. The standard InChI is InChI=1S/C29H41N3O/c1-4-6-18-32(19-7-5-2)28-15-13-27(14-16-28)29(33)17-12-25-8-10-26(11-9-25)24-31-22-20-30(3)21-23-31/h8-17H,4-7,18-24H2,1-3H3/b17-12+. The molecule has 0 atom stereocenters. The summed E-state index contributed by atoms with van der Waals surface area (Å²) in [6.45, 7) is 12.1. The number of likely N-dealkylation sites (N-methyl/N-ethyl adjacent to an activating group) is 1. The third-order valence-corrected chi connectivity index (χ3v) is 6.49. The van der Waals surface area contributed by atoms with Crippen LogP contribution in [0.15, 0.2) is 54.6 Å². The zero-order valence-electron chi connectivity index (χ0n) is 20.8. The Morgan fingerprint density at radius 2 is 1.48 bits per heavy atom. The van der Waals surface area contributed by atoms with E-state index in [1.165, 1.54) is 36.9 Å². The first-order valence-electron chi connectivity index (χ1n) is 12.7. The number of allylic oxidation sites excluding steroid dienone is 1. The van der Waals surface area contributed by atoms with Gasteiger partial charge in [0.05, 0.1) is 0 Å². The van der Waals surface area contributed by atoms with E-state index in [9.17, 15) is 4.79 Å². The summed E-state index contributed by atoms with van der Waals surface area (Å²) in [6, 6.07) is 16.7. The molecule has 1 aliphatic rings. The molecule has 0 saturated carbocycles. The lowest BCUT2D eigenvalue weighted by molar-refractivity contribution is 0.104. The molecule has 0 aliphatic carbocycles. The van der Waals surface area contributed by atoms with Gasteiger partial charge in [0.2, 0.25) is 0 Å². The van der Waals surface area contributed by atoms with Gasteiger partial charge in [-0.2, -0.15) is 0 Å². The molecular formula is C29H41N3O. The fraction of sp³-hybridized carbons (Fsp3) is 0.483. The van der Waals surface area contributed by atoms with Crippen LogP contribution < -0.4 is 4.90 Å². The molecule has 0 amide bonds. The van der Waals surface area contributed by atoms with E-state index in [4.69, 9.17) is 0 Å². The number of piperazine rings is 1. The van der Waals surface area contributed by atoms with E-state index in [2.05, 4.69) is 72.0 Å². The summed E-state index contributed by atoms with van der Waals surface area (Å²) < 4.78 is 0. The van der Waals surface area contributed by atoms with Crippen LogP contribution >= 0.6 is 0 Å². The highest BCUT2D eigenvalue weighted by Crippen LogP contribution is 2.18. The van der Waals surface area contributed by atoms with Crippen molar-refractivity contribution < 1.29 is 4.79 Å². The van der Waals surface area contributed by atoms with Gasteiger partial charge in [-0.05, 0) is 61.4 Å². The van der Waals surface area contributed by atoms with E-state index in [1.807, 2.05) is 18.2 Å². The van der Waals surface area contributed by atoms with E-state index in [1.54, 1.807) is 6.08 Å². The smallest absolute Gasteiger partial charge is 0.185 e. The van der Waals surface area contributed by atoms with Crippen LogP contribution in [0.1, 0.15) is 61.0 Å². The fourth-order valence-corrected chi connectivity index (χ4v) is 4.17. The van der Waals surface area contributed by atoms with Gasteiger partial charge in [-0.15, -0.1) is 0 Å². The van der Waals surface area contributed by atoms with Crippen molar-refractivity contribution in [1.82, 2.24) is 9.80 Å². The van der Waals surface area contributed by atoms with Crippen LogP contribution in [0.25, 0.3) is 6.08 Å². The van der Waals surface area contributed by atoms with Crippen molar-refractivity contribution in [3.63, 3.8) is 0 Å². The molecule has 178 valence electrons. The van der Waals surface area contributed by atoms with Crippen LogP contribution in [0.3, 0.4) is 0 Å². The Morgan fingerprint density at radius 3 is 2.06 bits per heavy atom. The molecule has 1 saturated heterocycles. The lowest BCUT2D eigenvalue weighted by Crippen LogP contribution is -2.43. The summed E-state index contributed by atoms with van der Waals surface area (Å²) in [7, 11) is 2.18. The summed E-state index contributed by atoms with van der Waals surface area (Å²) in [5, 5.41) is 0. The van der Waals surface area contributed by atoms with Gasteiger partial charge in [0.25, 0.3) is 0 Å². The molecule has 0 unspecified atom stereocenters. The van der Waals surface area contributed by atoms with E-state index < -0.39 is 0 Å². The highest BCUT2D eigenvalue weighted by atomic mass is 16.1. The largest absolute Gasteiger partial charge is 0.372 e. The van der Waals surface area contributed by atoms with Gasteiger partial charge in [0.1, 0.15) is 0 Å². The van der Waals surface area contributed by atoms with Gasteiger partial charge in [-0.25, -0.2) is 0 Å². The van der Waals surface area contributed by atoms with Crippen molar-refractivity contribution in [2.45, 2.75) is 46.1 Å². The number of benzene rings is 2. The lowest BCUT2D eigenvalue weighted by atomic mass is 10.1. The summed E-state index contributed by atoms with van der Waals surface area (Å²) in [4.78, 5) is 20.0. The van der Waals surface area contributed by atoms with Crippen LogP contribution in [0, 0.1) is 0 Å². The zero-order valence-corrected chi connectivity index (χ0v) is 20.8. The van der Waals surface area contributed by atoms with Crippen LogP contribution in [-0.2, 0) is 6.54 Å². The molecule has 1 aliphatic heterocycles. The highest BCUT2D eigenvalue weighted by Gasteiger charge is 2.13. The van der Waals surface area contributed by atoms with Gasteiger partial charge >= 0.3 is 0 Å². The minimum atomic E-state index is 0.0525. The quantitative estimate of drug-likeness (QED) is 0.306. The van der Waals surface area contributed by atoms with Crippen LogP contribution in [-0.4, -0.2) is 61.9 Å². The van der Waals surface area contributed by atoms with Gasteiger partial charge < -0.3 is 9.80 Å². The lowest BCUT2D eigenvalue weighted by Gasteiger charge is -2.32. The zero-order chi connectivity index (χ0) is 23.5. The number of ketones is 1. The second-order valence-corrected chi connectivity index (χ2v) is 9.26. The Balaban J connectivity index is 1.55. The summed E-state index contributed by atoms with van der Waals surface area (Å²) >= 11 is 0. The number of carbonyl (C=O) groups is 1. The minimum absolute atomic E-state index is 0.0525. The number of unbranched alkanes of at least 4 members (excludes halogenated alkanes) is 2. The molecule has 2 aromatic carbocycles. The number of nitrogens with zero attached hydrogens (tertiary/aromatic N) is 3. The van der Waals surface area contributed by atoms with Crippen LogP contribution in [0.4, 0.5) is 5.69 Å². The molecule has 0 aromatic heterocycles. The first-order valence-corrected chi connectivity index (χ1v) is 12.7. The summed E-state index contributed by atoms with van der Waals surface area (Å²) in [5.74, 6) is 0.0525.